The number of rotatable bonds is 14. The maximum atomic E-state index is 12.4. The van der Waals surface area contributed by atoms with Crippen molar-refractivity contribution in [3.63, 3.8) is 0 Å². The molecule has 0 saturated heterocycles. The summed E-state index contributed by atoms with van der Waals surface area (Å²) >= 11 is 6.18. The van der Waals surface area contributed by atoms with E-state index >= 15 is 0 Å². The second kappa shape index (κ2) is 14.4. The third kappa shape index (κ3) is 7.87. The van der Waals surface area contributed by atoms with E-state index < -0.39 is 0 Å². The summed E-state index contributed by atoms with van der Waals surface area (Å²) in [6.45, 7) is 4.05. The van der Waals surface area contributed by atoms with E-state index in [1.807, 2.05) is 73.7 Å². The molecule has 1 amide bonds. The van der Waals surface area contributed by atoms with Crippen LogP contribution in [-0.2, 0) is 24.2 Å². The Morgan fingerprint density at radius 3 is 2.67 bits per heavy atom. The van der Waals surface area contributed by atoms with E-state index in [2.05, 4.69) is 16.0 Å². The number of halogens is 1. The van der Waals surface area contributed by atoms with Gasteiger partial charge in [0.1, 0.15) is 5.82 Å². The van der Waals surface area contributed by atoms with E-state index in [4.69, 9.17) is 26.1 Å². The van der Waals surface area contributed by atoms with Crippen molar-refractivity contribution in [2.24, 2.45) is 0 Å². The van der Waals surface area contributed by atoms with Crippen LogP contribution in [0.5, 0.6) is 11.5 Å². The average Bonchev–Trinajstić information content (AvgIpc) is 3.30. The number of ether oxygens (including phenoxy) is 2. The molecule has 0 saturated carbocycles. The minimum Gasteiger partial charge on any atom is -0.493 e. The number of carbonyl (C=O) groups excluding carboxylic acids is 1. The van der Waals surface area contributed by atoms with E-state index in [0.29, 0.717) is 18.2 Å². The van der Waals surface area contributed by atoms with Crippen LogP contribution >= 0.6 is 11.6 Å². The first-order chi connectivity index (χ1) is 19.1. The van der Waals surface area contributed by atoms with Gasteiger partial charge in [0.15, 0.2) is 11.5 Å². The van der Waals surface area contributed by atoms with Gasteiger partial charge in [-0.1, -0.05) is 60.2 Å². The van der Waals surface area contributed by atoms with Crippen LogP contribution in [0.2, 0.25) is 5.02 Å². The highest BCUT2D eigenvalue weighted by Gasteiger charge is 2.12. The molecule has 6 nitrogen and oxygen atoms in total. The molecule has 7 heteroatoms. The summed E-state index contributed by atoms with van der Waals surface area (Å²) in [5, 5.41) is 3.63. The fourth-order valence-electron chi connectivity index (χ4n) is 4.57. The minimum absolute atomic E-state index is 0.0234. The van der Waals surface area contributed by atoms with Crippen LogP contribution in [-0.4, -0.2) is 35.7 Å². The van der Waals surface area contributed by atoms with Gasteiger partial charge in [-0.05, 0) is 67.6 Å². The van der Waals surface area contributed by atoms with E-state index in [9.17, 15) is 4.79 Å². The van der Waals surface area contributed by atoms with Crippen LogP contribution < -0.4 is 14.8 Å². The fourth-order valence-corrected chi connectivity index (χ4v) is 4.77. The zero-order valence-electron chi connectivity index (χ0n) is 22.7. The fraction of sp³-hybridized carbons (Fsp3) is 0.312. The largest absolute Gasteiger partial charge is 0.493 e. The van der Waals surface area contributed by atoms with Crippen LogP contribution in [0.3, 0.4) is 0 Å². The molecule has 0 bridgehead atoms. The summed E-state index contributed by atoms with van der Waals surface area (Å²) in [7, 11) is 1.66. The van der Waals surface area contributed by atoms with Crippen molar-refractivity contribution in [2.45, 2.75) is 45.6 Å². The number of benzene rings is 3. The van der Waals surface area contributed by atoms with Crippen molar-refractivity contribution in [3.8, 4) is 11.5 Å². The molecule has 1 aromatic heterocycles. The number of carbonyl (C=O) groups is 1. The number of imidazole rings is 1. The molecule has 0 atom stereocenters. The minimum atomic E-state index is -0.0234. The number of allylic oxidation sites excluding steroid dienone is 1. The van der Waals surface area contributed by atoms with Gasteiger partial charge in [-0.2, -0.15) is 0 Å². The first-order valence-corrected chi connectivity index (χ1v) is 13.8. The number of aryl methyl sites for hydroxylation is 2. The third-order valence-electron chi connectivity index (χ3n) is 6.52. The van der Waals surface area contributed by atoms with Crippen LogP contribution in [0.15, 0.2) is 72.8 Å². The maximum absolute atomic E-state index is 12.4. The van der Waals surface area contributed by atoms with Crippen molar-refractivity contribution >= 4 is 34.6 Å². The van der Waals surface area contributed by atoms with Gasteiger partial charge in [-0.3, -0.25) is 4.79 Å². The molecule has 4 rings (SSSR count). The highest BCUT2D eigenvalue weighted by atomic mass is 35.5. The Morgan fingerprint density at radius 2 is 1.85 bits per heavy atom. The summed E-state index contributed by atoms with van der Waals surface area (Å²) < 4.78 is 13.8. The molecule has 0 aliphatic heterocycles. The monoisotopic (exact) mass is 545 g/mol. The van der Waals surface area contributed by atoms with Gasteiger partial charge in [-0.25, -0.2) is 4.98 Å². The number of fused-ring (bicyclic) bond motifs is 1. The molecule has 0 spiro atoms. The van der Waals surface area contributed by atoms with E-state index in [1.54, 1.807) is 13.2 Å². The first-order valence-electron chi connectivity index (χ1n) is 13.5. The molecule has 0 radical (unpaired) electrons. The quantitative estimate of drug-likeness (QED) is 0.175. The molecule has 3 aromatic carbocycles. The molecule has 4 aromatic rings. The highest BCUT2D eigenvalue weighted by molar-refractivity contribution is 6.31. The number of methoxy groups -OCH3 is 1. The Bertz CT molecular complexity index is 1410. The van der Waals surface area contributed by atoms with Gasteiger partial charge in [0, 0.05) is 24.5 Å². The normalized spacial score (nSPS) is 11.3. The van der Waals surface area contributed by atoms with Crippen molar-refractivity contribution in [1.29, 1.82) is 0 Å². The average molecular weight is 546 g/mol. The number of aromatic nitrogens is 2. The lowest BCUT2D eigenvalue weighted by Gasteiger charge is -2.12. The smallest absolute Gasteiger partial charge is 0.224 e. The van der Waals surface area contributed by atoms with Crippen molar-refractivity contribution in [2.75, 3.05) is 20.3 Å². The highest BCUT2D eigenvalue weighted by Crippen LogP contribution is 2.29. The van der Waals surface area contributed by atoms with E-state index in [0.717, 1.165) is 71.7 Å². The van der Waals surface area contributed by atoms with Gasteiger partial charge in [0.2, 0.25) is 5.91 Å². The number of para-hydroxylation sites is 2. The van der Waals surface area contributed by atoms with Crippen molar-refractivity contribution in [3.05, 3.63) is 94.8 Å². The summed E-state index contributed by atoms with van der Waals surface area (Å²) in [5.74, 6) is 2.52. The van der Waals surface area contributed by atoms with Crippen molar-refractivity contribution < 1.29 is 14.3 Å². The van der Waals surface area contributed by atoms with Gasteiger partial charge >= 0.3 is 0 Å². The van der Waals surface area contributed by atoms with Crippen LogP contribution in [0.25, 0.3) is 17.1 Å². The summed E-state index contributed by atoms with van der Waals surface area (Å²) in [6, 6.07) is 21.6. The first kappa shape index (κ1) is 28.2. The molecule has 1 heterocycles. The predicted molar refractivity (Wildman–Crippen MR) is 159 cm³/mol. The molecule has 0 fully saturated rings. The lowest BCUT2D eigenvalue weighted by molar-refractivity contribution is -0.120. The van der Waals surface area contributed by atoms with E-state index in [-0.39, 0.29) is 12.3 Å². The van der Waals surface area contributed by atoms with Gasteiger partial charge in [0.05, 0.1) is 31.2 Å². The lowest BCUT2D eigenvalue weighted by Crippen LogP contribution is -2.26. The molecule has 0 unspecified atom stereocenters. The number of amides is 1. The Morgan fingerprint density at radius 1 is 1.03 bits per heavy atom. The van der Waals surface area contributed by atoms with Gasteiger partial charge in [-0.15, -0.1) is 0 Å². The zero-order chi connectivity index (χ0) is 27.5. The van der Waals surface area contributed by atoms with Gasteiger partial charge < -0.3 is 19.4 Å². The number of nitrogens with one attached hydrogen (secondary N) is 1. The molecule has 39 heavy (non-hydrogen) atoms. The Balaban J connectivity index is 1.27. The van der Waals surface area contributed by atoms with Crippen LogP contribution in [0, 0.1) is 0 Å². The Hall–Kier alpha value is -3.77. The third-order valence-corrected chi connectivity index (χ3v) is 6.89. The zero-order valence-corrected chi connectivity index (χ0v) is 23.4. The SMILES string of the molecule is C/C=C/c1ccc(OCCCCn2c(CCCNC(=O)Cc3ccccc3Cl)nc3ccccc32)c(OC)c1. The standard InChI is InChI=1S/C32H36ClN3O3/c1-3-11-24-17-18-29(30(22-24)38-2)39-21-9-8-20-36-28-15-7-6-14-27(28)35-31(36)16-10-19-34-32(37)23-25-12-4-5-13-26(25)33/h3-7,11-15,17-18,22H,8-10,16,19-21,23H2,1-2H3,(H,34,37)/b11-3+. The number of nitrogens with zero attached hydrogens (tertiary/aromatic N) is 2. The molecular weight excluding hydrogens is 510 g/mol. The Labute approximate surface area is 235 Å². The second-order valence-corrected chi connectivity index (χ2v) is 9.76. The molecular formula is C32H36ClN3O3. The lowest BCUT2D eigenvalue weighted by atomic mass is 10.1. The van der Waals surface area contributed by atoms with Crippen LogP contribution in [0.1, 0.15) is 43.1 Å². The second-order valence-electron chi connectivity index (χ2n) is 9.36. The number of unbranched alkanes of at least 4 members (excludes halogenated alkanes) is 1. The number of hydrogen-bond acceptors (Lipinski definition) is 4. The summed E-state index contributed by atoms with van der Waals surface area (Å²) in [4.78, 5) is 17.2. The van der Waals surface area contributed by atoms with Crippen molar-refractivity contribution in [1.82, 2.24) is 14.9 Å². The molecule has 1 N–H and O–H groups in total. The van der Waals surface area contributed by atoms with E-state index in [1.165, 1.54) is 0 Å². The molecule has 0 aliphatic carbocycles. The van der Waals surface area contributed by atoms with Gasteiger partial charge in [0.25, 0.3) is 0 Å². The summed E-state index contributed by atoms with van der Waals surface area (Å²) in [6.07, 6.45) is 7.78. The predicted octanol–water partition coefficient (Wildman–Crippen LogP) is 6.88. The summed E-state index contributed by atoms with van der Waals surface area (Å²) in [5.41, 5.74) is 4.06. The Kier molecular flexibility index (Phi) is 10.4. The molecule has 0 aliphatic rings. The maximum Gasteiger partial charge on any atom is 0.224 e. The topological polar surface area (TPSA) is 65.4 Å². The number of hydrogen-bond donors (Lipinski definition) is 1. The van der Waals surface area contributed by atoms with Crippen LogP contribution in [0.4, 0.5) is 0 Å². The molecule has 204 valence electrons.